The van der Waals surface area contributed by atoms with Gasteiger partial charge in [0.1, 0.15) is 5.78 Å². The first kappa shape index (κ1) is 13.8. The molecule has 0 bridgehead atoms. The number of aryl methyl sites for hydroxylation is 1. The van der Waals surface area contributed by atoms with E-state index in [1.165, 1.54) is 31.2 Å². The summed E-state index contributed by atoms with van der Waals surface area (Å²) in [4.78, 5) is 12.2. The molecule has 1 aromatic rings. The number of ketones is 1. The maximum absolute atomic E-state index is 12.2. The van der Waals surface area contributed by atoms with Crippen LogP contribution in [0.1, 0.15) is 57.4 Å². The number of carbonyl (C=O) groups is 1. The SMILES string of the molecule is CCCC1CCC(C(=O)CCc2ccsc2)CC1. The van der Waals surface area contributed by atoms with E-state index in [9.17, 15) is 4.79 Å². The molecule has 1 aliphatic rings. The lowest BCUT2D eigenvalue weighted by Gasteiger charge is -2.27. The first-order valence-corrected chi connectivity index (χ1v) is 8.27. The van der Waals surface area contributed by atoms with E-state index in [4.69, 9.17) is 0 Å². The van der Waals surface area contributed by atoms with Crippen molar-refractivity contribution in [3.8, 4) is 0 Å². The number of rotatable bonds is 6. The Morgan fingerprint density at radius 1 is 1.33 bits per heavy atom. The third kappa shape index (κ3) is 3.94. The normalized spacial score (nSPS) is 24.1. The fourth-order valence-corrected chi connectivity index (χ4v) is 3.79. The highest BCUT2D eigenvalue weighted by atomic mass is 32.1. The van der Waals surface area contributed by atoms with Crippen LogP contribution < -0.4 is 0 Å². The zero-order valence-electron chi connectivity index (χ0n) is 11.4. The topological polar surface area (TPSA) is 17.1 Å². The molecule has 0 amide bonds. The second kappa shape index (κ2) is 7.08. The maximum Gasteiger partial charge on any atom is 0.136 e. The molecule has 100 valence electrons. The van der Waals surface area contributed by atoms with Crippen LogP contribution in [0.5, 0.6) is 0 Å². The molecular formula is C16H24OS. The van der Waals surface area contributed by atoms with Gasteiger partial charge in [0.15, 0.2) is 0 Å². The van der Waals surface area contributed by atoms with Gasteiger partial charge in [-0.2, -0.15) is 11.3 Å². The molecule has 1 fully saturated rings. The largest absolute Gasteiger partial charge is 0.299 e. The van der Waals surface area contributed by atoms with Crippen LogP contribution in [0.25, 0.3) is 0 Å². The molecule has 0 N–H and O–H groups in total. The number of hydrogen-bond donors (Lipinski definition) is 0. The molecule has 1 nitrogen and oxygen atoms in total. The monoisotopic (exact) mass is 264 g/mol. The lowest BCUT2D eigenvalue weighted by molar-refractivity contribution is -0.124. The van der Waals surface area contributed by atoms with Crippen molar-refractivity contribution in [1.82, 2.24) is 0 Å². The van der Waals surface area contributed by atoms with Gasteiger partial charge >= 0.3 is 0 Å². The van der Waals surface area contributed by atoms with Crippen LogP contribution in [-0.2, 0) is 11.2 Å². The van der Waals surface area contributed by atoms with Crippen molar-refractivity contribution in [2.45, 2.75) is 58.3 Å². The van der Waals surface area contributed by atoms with E-state index >= 15 is 0 Å². The maximum atomic E-state index is 12.2. The first-order valence-electron chi connectivity index (χ1n) is 7.33. The second-order valence-electron chi connectivity index (χ2n) is 5.60. The summed E-state index contributed by atoms with van der Waals surface area (Å²) in [6.45, 7) is 2.26. The van der Waals surface area contributed by atoms with Crippen molar-refractivity contribution in [2.75, 3.05) is 0 Å². The summed E-state index contributed by atoms with van der Waals surface area (Å²) in [5, 5.41) is 4.25. The Morgan fingerprint density at radius 3 is 2.72 bits per heavy atom. The van der Waals surface area contributed by atoms with Gasteiger partial charge in [-0.3, -0.25) is 4.79 Å². The van der Waals surface area contributed by atoms with Crippen molar-refractivity contribution >= 4 is 17.1 Å². The van der Waals surface area contributed by atoms with Gasteiger partial charge in [0.2, 0.25) is 0 Å². The molecule has 1 aromatic heterocycles. The lowest BCUT2D eigenvalue weighted by Crippen LogP contribution is -2.22. The molecular weight excluding hydrogens is 240 g/mol. The van der Waals surface area contributed by atoms with E-state index in [2.05, 4.69) is 23.8 Å². The van der Waals surface area contributed by atoms with Gasteiger partial charge in [-0.15, -0.1) is 0 Å². The van der Waals surface area contributed by atoms with Crippen LogP contribution in [-0.4, -0.2) is 5.78 Å². The molecule has 18 heavy (non-hydrogen) atoms. The number of hydrogen-bond acceptors (Lipinski definition) is 2. The summed E-state index contributed by atoms with van der Waals surface area (Å²) >= 11 is 1.72. The Labute approximate surface area is 115 Å². The highest BCUT2D eigenvalue weighted by molar-refractivity contribution is 7.07. The van der Waals surface area contributed by atoms with Crippen LogP contribution in [0.3, 0.4) is 0 Å². The average molecular weight is 264 g/mol. The molecule has 0 aliphatic heterocycles. The van der Waals surface area contributed by atoms with Crippen LogP contribution in [0.4, 0.5) is 0 Å². The molecule has 1 heterocycles. The quantitative estimate of drug-likeness (QED) is 0.717. The molecule has 2 heteroatoms. The van der Waals surface area contributed by atoms with Gasteiger partial charge < -0.3 is 0 Å². The summed E-state index contributed by atoms with van der Waals surface area (Å²) in [6, 6.07) is 2.14. The Morgan fingerprint density at radius 2 is 2.11 bits per heavy atom. The predicted molar refractivity (Wildman–Crippen MR) is 78.0 cm³/mol. The minimum Gasteiger partial charge on any atom is -0.299 e. The van der Waals surface area contributed by atoms with E-state index in [0.717, 1.165) is 31.6 Å². The minimum absolute atomic E-state index is 0.372. The third-order valence-electron chi connectivity index (χ3n) is 4.24. The molecule has 0 unspecified atom stereocenters. The predicted octanol–water partition coefficient (Wildman–Crippen LogP) is 4.86. The Kier molecular flexibility index (Phi) is 5.43. The standard InChI is InChI=1S/C16H24OS/c1-2-3-13-4-7-15(8-5-13)16(17)9-6-14-10-11-18-12-14/h10-13,15H,2-9H2,1H3. The Balaban J connectivity index is 1.70. The molecule has 2 rings (SSSR count). The first-order chi connectivity index (χ1) is 8.79. The molecule has 1 saturated carbocycles. The summed E-state index contributed by atoms with van der Waals surface area (Å²) in [6.07, 6.45) is 9.19. The van der Waals surface area contributed by atoms with Crippen molar-refractivity contribution in [3.63, 3.8) is 0 Å². The minimum atomic E-state index is 0.372. The fraction of sp³-hybridized carbons (Fsp3) is 0.688. The zero-order chi connectivity index (χ0) is 12.8. The third-order valence-corrected chi connectivity index (χ3v) is 4.97. The average Bonchev–Trinajstić information content (AvgIpc) is 2.90. The number of Topliss-reactive ketones (excluding diaryl/α,β-unsaturated/α-hetero) is 1. The van der Waals surface area contributed by atoms with E-state index in [1.807, 2.05) is 0 Å². The second-order valence-corrected chi connectivity index (χ2v) is 6.38. The van der Waals surface area contributed by atoms with Gasteiger partial charge in [-0.25, -0.2) is 0 Å². The van der Waals surface area contributed by atoms with Crippen molar-refractivity contribution in [3.05, 3.63) is 22.4 Å². The highest BCUT2D eigenvalue weighted by Crippen LogP contribution is 2.32. The van der Waals surface area contributed by atoms with Crippen LogP contribution >= 0.6 is 11.3 Å². The van der Waals surface area contributed by atoms with E-state index in [0.29, 0.717) is 11.7 Å². The van der Waals surface area contributed by atoms with E-state index in [1.54, 1.807) is 11.3 Å². The van der Waals surface area contributed by atoms with Gasteiger partial charge in [0.05, 0.1) is 0 Å². The fourth-order valence-electron chi connectivity index (χ4n) is 3.09. The smallest absolute Gasteiger partial charge is 0.136 e. The van der Waals surface area contributed by atoms with E-state index < -0.39 is 0 Å². The molecule has 0 radical (unpaired) electrons. The van der Waals surface area contributed by atoms with Gasteiger partial charge in [0.25, 0.3) is 0 Å². The molecule has 0 aromatic carbocycles. The van der Waals surface area contributed by atoms with Crippen LogP contribution in [0, 0.1) is 11.8 Å². The zero-order valence-corrected chi connectivity index (χ0v) is 12.2. The highest BCUT2D eigenvalue weighted by Gasteiger charge is 2.25. The van der Waals surface area contributed by atoms with Gasteiger partial charge in [-0.05, 0) is 60.4 Å². The van der Waals surface area contributed by atoms with Crippen LogP contribution in [0.15, 0.2) is 16.8 Å². The molecule has 1 aliphatic carbocycles. The van der Waals surface area contributed by atoms with Crippen LogP contribution in [0.2, 0.25) is 0 Å². The molecule has 0 saturated heterocycles. The number of carbonyl (C=O) groups excluding carboxylic acids is 1. The summed E-state index contributed by atoms with van der Waals surface area (Å²) in [5.41, 5.74) is 1.33. The van der Waals surface area contributed by atoms with Crippen molar-refractivity contribution in [1.29, 1.82) is 0 Å². The Bertz CT molecular complexity index is 347. The van der Waals surface area contributed by atoms with Crippen molar-refractivity contribution < 1.29 is 4.79 Å². The lowest BCUT2D eigenvalue weighted by atomic mass is 9.77. The van der Waals surface area contributed by atoms with Gasteiger partial charge in [0, 0.05) is 12.3 Å². The summed E-state index contributed by atoms with van der Waals surface area (Å²) < 4.78 is 0. The van der Waals surface area contributed by atoms with Crippen molar-refractivity contribution in [2.24, 2.45) is 11.8 Å². The Hall–Kier alpha value is -0.630. The molecule has 0 atom stereocenters. The van der Waals surface area contributed by atoms with E-state index in [-0.39, 0.29) is 0 Å². The summed E-state index contributed by atoms with van der Waals surface area (Å²) in [5.74, 6) is 1.78. The summed E-state index contributed by atoms with van der Waals surface area (Å²) in [7, 11) is 0. The number of thiophene rings is 1. The van der Waals surface area contributed by atoms with Gasteiger partial charge in [-0.1, -0.05) is 19.8 Å². The molecule has 0 spiro atoms.